The summed E-state index contributed by atoms with van der Waals surface area (Å²) >= 11 is 0. The third-order valence-corrected chi connectivity index (χ3v) is 4.61. The second kappa shape index (κ2) is 11.3. The van der Waals surface area contributed by atoms with E-state index in [1.165, 1.54) is 6.07 Å². The lowest BCUT2D eigenvalue weighted by atomic mass is 10.1. The fourth-order valence-electron chi connectivity index (χ4n) is 2.96. The molecule has 7 heteroatoms. The number of benzene rings is 3. The summed E-state index contributed by atoms with van der Waals surface area (Å²) in [4.78, 5) is 36.9. The average Bonchev–Trinajstić information content (AvgIpc) is 2.82. The van der Waals surface area contributed by atoms with Crippen LogP contribution >= 0.6 is 0 Å². The number of rotatable bonds is 9. The van der Waals surface area contributed by atoms with Crippen molar-refractivity contribution in [2.75, 3.05) is 24.4 Å². The van der Waals surface area contributed by atoms with E-state index in [0.29, 0.717) is 17.8 Å². The third kappa shape index (κ3) is 6.70. The predicted molar refractivity (Wildman–Crippen MR) is 122 cm³/mol. The number of hydrogen-bond donors (Lipinski definition) is 2. The van der Waals surface area contributed by atoms with Gasteiger partial charge in [0.2, 0.25) is 5.91 Å². The summed E-state index contributed by atoms with van der Waals surface area (Å²) in [5.41, 5.74) is 2.12. The Balaban J connectivity index is 1.52. The molecule has 164 valence electrons. The van der Waals surface area contributed by atoms with Gasteiger partial charge in [-0.3, -0.25) is 9.59 Å². The maximum Gasteiger partial charge on any atom is 0.340 e. The molecule has 2 N–H and O–H groups in total. The van der Waals surface area contributed by atoms with Crippen LogP contribution in [-0.4, -0.2) is 31.5 Å². The summed E-state index contributed by atoms with van der Waals surface area (Å²) in [5, 5.41) is 5.39. The van der Waals surface area contributed by atoms with Crippen molar-refractivity contribution in [3.05, 3.63) is 90.0 Å². The van der Waals surface area contributed by atoms with Crippen LogP contribution in [-0.2, 0) is 20.7 Å². The quantitative estimate of drug-likeness (QED) is 0.498. The second-order valence-electron chi connectivity index (χ2n) is 6.93. The van der Waals surface area contributed by atoms with Crippen LogP contribution in [0.3, 0.4) is 0 Å². The molecular formula is C25H24N2O5. The molecule has 3 aromatic rings. The van der Waals surface area contributed by atoms with Crippen LogP contribution in [0.5, 0.6) is 5.75 Å². The van der Waals surface area contributed by atoms with Gasteiger partial charge in [-0.15, -0.1) is 0 Å². The molecule has 0 saturated heterocycles. The summed E-state index contributed by atoms with van der Waals surface area (Å²) in [5.74, 6) is -0.629. The zero-order valence-corrected chi connectivity index (χ0v) is 17.7. The first-order chi connectivity index (χ1) is 15.5. The molecule has 0 aliphatic rings. The van der Waals surface area contributed by atoms with Crippen molar-refractivity contribution in [2.24, 2.45) is 0 Å². The maximum atomic E-state index is 12.5. The number of aryl methyl sites for hydroxylation is 1. The number of amides is 2. The Morgan fingerprint density at radius 3 is 2.19 bits per heavy atom. The molecule has 0 unspecified atom stereocenters. The summed E-state index contributed by atoms with van der Waals surface area (Å²) < 4.78 is 10.2. The van der Waals surface area contributed by atoms with Crippen LogP contribution < -0.4 is 15.4 Å². The molecule has 0 saturated carbocycles. The lowest BCUT2D eigenvalue weighted by Gasteiger charge is -2.11. The highest BCUT2D eigenvalue weighted by atomic mass is 16.5. The molecule has 0 bridgehead atoms. The Morgan fingerprint density at radius 2 is 1.47 bits per heavy atom. The number of nitrogens with one attached hydrogen (secondary N) is 2. The number of anilines is 2. The molecule has 0 atom stereocenters. The van der Waals surface area contributed by atoms with Gasteiger partial charge in [-0.25, -0.2) is 4.79 Å². The fraction of sp³-hybridized carbons (Fsp3) is 0.160. The number of carbonyl (C=O) groups is 3. The minimum atomic E-state index is -0.695. The van der Waals surface area contributed by atoms with Gasteiger partial charge in [0.05, 0.1) is 18.4 Å². The van der Waals surface area contributed by atoms with Gasteiger partial charge in [-0.1, -0.05) is 42.5 Å². The summed E-state index contributed by atoms with van der Waals surface area (Å²) in [6.45, 7) is -0.437. The molecule has 2 amide bonds. The van der Waals surface area contributed by atoms with E-state index < -0.39 is 18.5 Å². The first kappa shape index (κ1) is 22.6. The molecule has 0 fully saturated rings. The molecule has 0 heterocycles. The number of carbonyl (C=O) groups excluding carboxylic acids is 3. The Kier molecular flexibility index (Phi) is 7.97. The Bertz CT molecular complexity index is 1070. The molecule has 0 aliphatic heterocycles. The molecule has 32 heavy (non-hydrogen) atoms. The zero-order valence-electron chi connectivity index (χ0n) is 17.7. The highest BCUT2D eigenvalue weighted by Crippen LogP contribution is 2.18. The van der Waals surface area contributed by atoms with E-state index in [2.05, 4.69) is 10.6 Å². The van der Waals surface area contributed by atoms with Crippen molar-refractivity contribution >= 4 is 29.2 Å². The zero-order chi connectivity index (χ0) is 22.8. The molecular weight excluding hydrogens is 408 g/mol. The first-order valence-corrected chi connectivity index (χ1v) is 10.1. The van der Waals surface area contributed by atoms with E-state index in [9.17, 15) is 14.4 Å². The van der Waals surface area contributed by atoms with E-state index in [1.54, 1.807) is 49.6 Å². The smallest absolute Gasteiger partial charge is 0.340 e. The molecule has 3 aromatic carbocycles. The number of hydrogen-bond acceptors (Lipinski definition) is 5. The molecule has 0 radical (unpaired) electrons. The normalized spacial score (nSPS) is 10.2. The van der Waals surface area contributed by atoms with Gasteiger partial charge in [0.15, 0.2) is 6.61 Å². The maximum absolute atomic E-state index is 12.5. The first-order valence-electron chi connectivity index (χ1n) is 10.1. The molecule has 0 aliphatic carbocycles. The van der Waals surface area contributed by atoms with Crippen LogP contribution in [0.4, 0.5) is 11.4 Å². The van der Waals surface area contributed by atoms with Crippen LogP contribution in [0.15, 0.2) is 78.9 Å². The van der Waals surface area contributed by atoms with Crippen LogP contribution in [0, 0.1) is 0 Å². The second-order valence-corrected chi connectivity index (χ2v) is 6.93. The fourth-order valence-corrected chi connectivity index (χ4v) is 2.96. The van der Waals surface area contributed by atoms with Crippen molar-refractivity contribution in [2.45, 2.75) is 12.8 Å². The minimum Gasteiger partial charge on any atom is -0.497 e. The van der Waals surface area contributed by atoms with Crippen LogP contribution in [0.1, 0.15) is 22.3 Å². The van der Waals surface area contributed by atoms with E-state index in [0.717, 1.165) is 11.3 Å². The SMILES string of the molecule is COc1ccc(CCC(=O)Nc2ccccc2C(=O)OCC(=O)Nc2ccccc2)cc1. The van der Waals surface area contributed by atoms with Gasteiger partial charge < -0.3 is 20.1 Å². The number of para-hydroxylation sites is 2. The van der Waals surface area contributed by atoms with E-state index in [4.69, 9.17) is 9.47 Å². The van der Waals surface area contributed by atoms with Crippen molar-refractivity contribution in [1.82, 2.24) is 0 Å². The van der Waals surface area contributed by atoms with Crippen LogP contribution in [0.25, 0.3) is 0 Å². The molecule has 3 rings (SSSR count). The highest BCUT2D eigenvalue weighted by molar-refractivity contribution is 6.02. The van der Waals surface area contributed by atoms with Gasteiger partial charge in [0.1, 0.15) is 5.75 Å². The highest BCUT2D eigenvalue weighted by Gasteiger charge is 2.16. The van der Waals surface area contributed by atoms with Crippen molar-refractivity contribution in [1.29, 1.82) is 0 Å². The monoisotopic (exact) mass is 432 g/mol. The van der Waals surface area contributed by atoms with E-state index >= 15 is 0 Å². The van der Waals surface area contributed by atoms with Gasteiger partial charge in [0, 0.05) is 12.1 Å². The number of methoxy groups -OCH3 is 1. The van der Waals surface area contributed by atoms with E-state index in [1.807, 2.05) is 30.3 Å². The third-order valence-electron chi connectivity index (χ3n) is 4.61. The van der Waals surface area contributed by atoms with E-state index in [-0.39, 0.29) is 17.9 Å². The Hall–Kier alpha value is -4.13. The van der Waals surface area contributed by atoms with Gasteiger partial charge in [-0.2, -0.15) is 0 Å². The van der Waals surface area contributed by atoms with Crippen molar-refractivity contribution in [3.8, 4) is 5.75 Å². The van der Waals surface area contributed by atoms with Gasteiger partial charge in [-0.05, 0) is 48.4 Å². The minimum absolute atomic E-state index is 0.179. The number of ether oxygens (including phenoxy) is 2. The Labute approximate surface area is 186 Å². The lowest BCUT2D eigenvalue weighted by molar-refractivity contribution is -0.119. The van der Waals surface area contributed by atoms with Gasteiger partial charge in [0.25, 0.3) is 5.91 Å². The summed E-state index contributed by atoms with van der Waals surface area (Å²) in [6.07, 6.45) is 0.789. The lowest BCUT2D eigenvalue weighted by Crippen LogP contribution is -2.22. The van der Waals surface area contributed by atoms with Gasteiger partial charge >= 0.3 is 5.97 Å². The van der Waals surface area contributed by atoms with Crippen molar-refractivity contribution in [3.63, 3.8) is 0 Å². The summed E-state index contributed by atoms with van der Waals surface area (Å²) in [6, 6.07) is 22.9. The van der Waals surface area contributed by atoms with Crippen LogP contribution in [0.2, 0.25) is 0 Å². The largest absolute Gasteiger partial charge is 0.497 e. The molecule has 7 nitrogen and oxygen atoms in total. The number of esters is 1. The Morgan fingerprint density at radius 1 is 0.781 bits per heavy atom. The van der Waals surface area contributed by atoms with Crippen molar-refractivity contribution < 1.29 is 23.9 Å². The standard InChI is InChI=1S/C25H24N2O5/c1-31-20-14-11-18(12-15-20)13-16-23(28)27-22-10-6-5-9-21(22)25(30)32-17-24(29)26-19-7-3-2-4-8-19/h2-12,14-15H,13,16-17H2,1H3,(H,26,29)(H,27,28). The average molecular weight is 432 g/mol. The summed E-state index contributed by atoms with van der Waals surface area (Å²) in [7, 11) is 1.60. The topological polar surface area (TPSA) is 93.7 Å². The molecule has 0 aromatic heterocycles. The molecule has 0 spiro atoms. The predicted octanol–water partition coefficient (Wildman–Crippen LogP) is 4.06.